The summed E-state index contributed by atoms with van der Waals surface area (Å²) < 4.78 is 49.1. The van der Waals surface area contributed by atoms with Gasteiger partial charge in [0.25, 0.3) is 0 Å². The van der Waals surface area contributed by atoms with Gasteiger partial charge < -0.3 is 4.74 Å². The van der Waals surface area contributed by atoms with Crippen LogP contribution < -0.4 is 0 Å². The van der Waals surface area contributed by atoms with Gasteiger partial charge in [0, 0.05) is 0 Å². The van der Waals surface area contributed by atoms with Gasteiger partial charge in [-0.2, -0.15) is 8.78 Å². The van der Waals surface area contributed by atoms with E-state index in [9.17, 15) is 13.2 Å². The van der Waals surface area contributed by atoms with Crippen molar-refractivity contribution < 1.29 is 17.9 Å². The highest BCUT2D eigenvalue weighted by molar-refractivity contribution is 5.28. The predicted octanol–water partition coefficient (Wildman–Crippen LogP) is 11.4. The van der Waals surface area contributed by atoms with Crippen molar-refractivity contribution in [1.82, 2.24) is 0 Å². The standard InChI is InChI=1S/C35H49F3O/c1-3-5-6-8-27-11-17-29(18-12-27)31-19-13-28(14-20-31)25-39-35(37,38)34(36)33-23-21-32(22-24-33)30-15-9-26(7-4-2)10-16-30/h13-14,19-24,26-27,29-30,34H,3-12,15-18,25H2,1-2H3. The van der Waals surface area contributed by atoms with Crippen molar-refractivity contribution in [3.05, 3.63) is 70.8 Å². The molecule has 0 spiro atoms. The lowest BCUT2D eigenvalue weighted by molar-refractivity contribution is -0.282. The monoisotopic (exact) mass is 542 g/mol. The van der Waals surface area contributed by atoms with Crippen molar-refractivity contribution in [3.63, 3.8) is 0 Å². The van der Waals surface area contributed by atoms with Gasteiger partial charge in [-0.3, -0.25) is 0 Å². The van der Waals surface area contributed by atoms with Crippen molar-refractivity contribution in [2.45, 2.75) is 134 Å². The normalized spacial score (nSPS) is 24.9. The van der Waals surface area contributed by atoms with Crippen LogP contribution in [0.5, 0.6) is 0 Å². The van der Waals surface area contributed by atoms with E-state index >= 15 is 0 Å². The van der Waals surface area contributed by atoms with E-state index in [1.54, 1.807) is 0 Å². The second-order valence-corrected chi connectivity index (χ2v) is 12.3. The number of benzene rings is 2. The van der Waals surface area contributed by atoms with Crippen LogP contribution in [0.3, 0.4) is 0 Å². The van der Waals surface area contributed by atoms with Crippen LogP contribution in [-0.4, -0.2) is 6.11 Å². The van der Waals surface area contributed by atoms with Crippen LogP contribution in [0.4, 0.5) is 13.2 Å². The number of hydrogen-bond acceptors (Lipinski definition) is 1. The van der Waals surface area contributed by atoms with E-state index in [-0.39, 0.29) is 12.2 Å². The Hall–Kier alpha value is -1.81. The van der Waals surface area contributed by atoms with E-state index in [1.165, 1.54) is 94.7 Å². The lowest BCUT2D eigenvalue weighted by Crippen LogP contribution is -2.27. The van der Waals surface area contributed by atoms with Gasteiger partial charge in [-0.25, -0.2) is 4.39 Å². The van der Waals surface area contributed by atoms with Gasteiger partial charge in [-0.05, 0) is 97.3 Å². The van der Waals surface area contributed by atoms with Gasteiger partial charge >= 0.3 is 6.11 Å². The molecule has 2 aliphatic carbocycles. The van der Waals surface area contributed by atoms with Gasteiger partial charge in [-0.1, -0.05) is 101 Å². The Morgan fingerprint density at radius 3 is 1.72 bits per heavy atom. The second kappa shape index (κ2) is 14.7. The first-order valence-corrected chi connectivity index (χ1v) is 15.7. The molecule has 2 aromatic rings. The number of halogens is 3. The number of hydrogen-bond donors (Lipinski definition) is 0. The molecule has 2 fully saturated rings. The van der Waals surface area contributed by atoms with Crippen LogP contribution in [0, 0.1) is 11.8 Å². The van der Waals surface area contributed by atoms with Crippen LogP contribution in [0.25, 0.3) is 0 Å². The first-order chi connectivity index (χ1) is 18.9. The van der Waals surface area contributed by atoms with E-state index in [4.69, 9.17) is 4.74 Å². The third kappa shape index (κ3) is 8.59. The fourth-order valence-electron chi connectivity index (χ4n) is 6.93. The maximum Gasteiger partial charge on any atom is 0.391 e. The smallest absolute Gasteiger partial charge is 0.313 e. The summed E-state index contributed by atoms with van der Waals surface area (Å²) in [7, 11) is 0. The molecule has 0 aliphatic heterocycles. The SMILES string of the molecule is CCCCCC1CCC(c2ccc(COC(F)(F)C(F)c3ccc(C4CCC(CCC)CC4)cc3)cc2)CC1. The molecule has 1 atom stereocenters. The van der Waals surface area contributed by atoms with Crippen molar-refractivity contribution in [1.29, 1.82) is 0 Å². The summed E-state index contributed by atoms with van der Waals surface area (Å²) in [5.74, 6) is 2.67. The van der Waals surface area contributed by atoms with Gasteiger partial charge in [0.15, 0.2) is 0 Å². The van der Waals surface area contributed by atoms with Gasteiger partial charge in [0.05, 0.1) is 6.61 Å². The lowest BCUT2D eigenvalue weighted by Gasteiger charge is -2.29. The average Bonchev–Trinajstić information content (AvgIpc) is 2.97. The van der Waals surface area contributed by atoms with Crippen molar-refractivity contribution in [2.75, 3.05) is 0 Å². The molecule has 0 aromatic heterocycles. The molecule has 0 heterocycles. The third-order valence-electron chi connectivity index (χ3n) is 9.48. The molecular weight excluding hydrogens is 493 g/mol. The second-order valence-electron chi connectivity index (χ2n) is 12.3. The number of unbranched alkanes of at least 4 members (excludes halogenated alkanes) is 2. The van der Waals surface area contributed by atoms with Crippen molar-refractivity contribution >= 4 is 0 Å². The molecule has 0 bridgehead atoms. The average molecular weight is 543 g/mol. The molecule has 4 heteroatoms. The van der Waals surface area contributed by atoms with Crippen LogP contribution in [0.1, 0.15) is 144 Å². The fourth-order valence-corrected chi connectivity index (χ4v) is 6.93. The summed E-state index contributed by atoms with van der Waals surface area (Å²) in [5.41, 5.74) is 3.03. The van der Waals surface area contributed by atoms with Gasteiger partial charge in [0.1, 0.15) is 0 Å². The zero-order chi connectivity index (χ0) is 27.7. The van der Waals surface area contributed by atoms with E-state index in [1.807, 2.05) is 36.4 Å². The Kier molecular flexibility index (Phi) is 11.4. The predicted molar refractivity (Wildman–Crippen MR) is 155 cm³/mol. The minimum Gasteiger partial charge on any atom is -0.313 e. The summed E-state index contributed by atoms with van der Waals surface area (Å²) >= 11 is 0. The van der Waals surface area contributed by atoms with Crippen LogP contribution in [0.2, 0.25) is 0 Å². The molecule has 2 saturated carbocycles. The van der Waals surface area contributed by atoms with Crippen LogP contribution >= 0.6 is 0 Å². The topological polar surface area (TPSA) is 9.23 Å². The minimum absolute atomic E-state index is 0.0240. The molecule has 2 aromatic carbocycles. The van der Waals surface area contributed by atoms with Gasteiger partial charge in [-0.15, -0.1) is 0 Å². The summed E-state index contributed by atoms with van der Waals surface area (Å²) in [4.78, 5) is 0. The molecule has 1 unspecified atom stereocenters. The number of rotatable bonds is 13. The minimum atomic E-state index is -3.88. The Morgan fingerprint density at radius 2 is 1.21 bits per heavy atom. The highest BCUT2D eigenvalue weighted by atomic mass is 19.3. The molecule has 2 aliphatic rings. The highest BCUT2D eigenvalue weighted by Gasteiger charge is 2.43. The Morgan fingerprint density at radius 1 is 0.692 bits per heavy atom. The van der Waals surface area contributed by atoms with E-state index in [2.05, 4.69) is 13.8 Å². The summed E-state index contributed by atoms with van der Waals surface area (Å²) in [6.45, 7) is 4.17. The zero-order valence-corrected chi connectivity index (χ0v) is 24.2. The lowest BCUT2D eigenvalue weighted by atomic mass is 9.77. The van der Waals surface area contributed by atoms with Crippen LogP contribution in [-0.2, 0) is 11.3 Å². The maximum absolute atomic E-state index is 14.9. The first kappa shape index (κ1) is 30.2. The number of ether oxygens (including phenoxy) is 1. The molecule has 0 radical (unpaired) electrons. The summed E-state index contributed by atoms with van der Waals surface area (Å²) in [5, 5.41) is 0. The molecule has 216 valence electrons. The molecule has 0 N–H and O–H groups in total. The Balaban J connectivity index is 1.24. The Bertz CT molecular complexity index is 954. The maximum atomic E-state index is 14.9. The van der Waals surface area contributed by atoms with Gasteiger partial charge in [0.2, 0.25) is 6.17 Å². The van der Waals surface area contributed by atoms with E-state index < -0.39 is 12.3 Å². The quantitative estimate of drug-likeness (QED) is 0.229. The van der Waals surface area contributed by atoms with Crippen molar-refractivity contribution in [3.8, 4) is 0 Å². The molecule has 4 rings (SSSR count). The zero-order valence-electron chi connectivity index (χ0n) is 24.2. The first-order valence-electron chi connectivity index (χ1n) is 15.7. The van der Waals surface area contributed by atoms with E-state index in [0.717, 1.165) is 30.2 Å². The molecule has 1 nitrogen and oxygen atoms in total. The fraction of sp³-hybridized carbons (Fsp3) is 0.657. The summed E-state index contributed by atoms with van der Waals surface area (Å²) in [6, 6.07) is 14.5. The molecule has 0 saturated heterocycles. The highest BCUT2D eigenvalue weighted by Crippen LogP contribution is 2.41. The largest absolute Gasteiger partial charge is 0.391 e. The van der Waals surface area contributed by atoms with E-state index in [0.29, 0.717) is 17.4 Å². The van der Waals surface area contributed by atoms with Crippen molar-refractivity contribution in [2.24, 2.45) is 11.8 Å². The number of alkyl halides is 3. The molecular formula is C35H49F3O. The molecule has 0 amide bonds. The third-order valence-corrected chi connectivity index (χ3v) is 9.48. The molecule has 39 heavy (non-hydrogen) atoms. The Labute approximate surface area is 234 Å². The summed E-state index contributed by atoms with van der Waals surface area (Å²) in [6.07, 6.45) is 11.1. The van der Waals surface area contributed by atoms with Crippen LogP contribution in [0.15, 0.2) is 48.5 Å².